The molecule has 6 nitrogen and oxygen atoms in total. The number of benzene rings is 2. The van der Waals surface area contributed by atoms with Crippen molar-refractivity contribution in [1.29, 1.82) is 0 Å². The predicted octanol–water partition coefficient (Wildman–Crippen LogP) is 2.78. The van der Waals surface area contributed by atoms with E-state index in [-0.39, 0.29) is 11.7 Å². The van der Waals surface area contributed by atoms with Gasteiger partial charge in [-0.3, -0.25) is 9.52 Å². The Kier molecular flexibility index (Phi) is 6.41. The Bertz CT molecular complexity index is 817. The van der Waals surface area contributed by atoms with Gasteiger partial charge in [0, 0.05) is 23.4 Å². The zero-order valence-corrected chi connectivity index (χ0v) is 15.1. The molecule has 1 amide bonds. The second kappa shape index (κ2) is 8.53. The average molecular weight is 362 g/mol. The van der Waals surface area contributed by atoms with Crippen molar-refractivity contribution < 1.29 is 17.9 Å². The van der Waals surface area contributed by atoms with E-state index in [2.05, 4.69) is 10.0 Å². The van der Waals surface area contributed by atoms with Crippen LogP contribution in [0.5, 0.6) is 5.75 Å². The number of nitrogens with one attached hydrogen (secondary N) is 2. The molecule has 0 aromatic heterocycles. The standard InChI is InChI=1S/C18H22N2O4S/c1-3-24-17-8-6-5-7-15(17)13-19-18(21)14-9-11-16(12-10-14)20-25(22,23)4-2/h5-12,20H,3-4,13H2,1-2H3,(H,19,21). The lowest BCUT2D eigenvalue weighted by atomic mass is 10.1. The zero-order valence-electron chi connectivity index (χ0n) is 14.3. The molecule has 2 rings (SSSR count). The molecule has 0 radical (unpaired) electrons. The quantitative estimate of drug-likeness (QED) is 0.756. The molecule has 2 aromatic rings. The lowest BCUT2D eigenvalue weighted by molar-refractivity contribution is 0.0950. The molecule has 7 heteroatoms. The number of ether oxygens (including phenoxy) is 1. The Balaban J connectivity index is 2.00. The number of amides is 1. The summed E-state index contributed by atoms with van der Waals surface area (Å²) in [5.41, 5.74) is 1.78. The molecule has 0 spiro atoms. The molecule has 134 valence electrons. The fourth-order valence-corrected chi connectivity index (χ4v) is 2.80. The van der Waals surface area contributed by atoms with Crippen LogP contribution in [-0.4, -0.2) is 26.7 Å². The summed E-state index contributed by atoms with van der Waals surface area (Å²) in [6.45, 7) is 4.37. The first kappa shape index (κ1) is 18.8. The van der Waals surface area contributed by atoms with Crippen molar-refractivity contribution in [2.24, 2.45) is 0 Å². The third-order valence-corrected chi connectivity index (χ3v) is 4.82. The summed E-state index contributed by atoms with van der Waals surface area (Å²) >= 11 is 0. The Labute approximate surface area is 148 Å². The third kappa shape index (κ3) is 5.49. The fraction of sp³-hybridized carbons (Fsp3) is 0.278. The molecule has 0 aliphatic heterocycles. The van der Waals surface area contributed by atoms with E-state index >= 15 is 0 Å². The second-order valence-electron chi connectivity index (χ2n) is 5.31. The van der Waals surface area contributed by atoms with E-state index in [4.69, 9.17) is 4.74 Å². The van der Waals surface area contributed by atoms with Crippen molar-refractivity contribution in [3.8, 4) is 5.75 Å². The van der Waals surface area contributed by atoms with Crippen molar-refractivity contribution in [3.05, 3.63) is 59.7 Å². The lowest BCUT2D eigenvalue weighted by Crippen LogP contribution is -2.23. The number of sulfonamides is 1. The van der Waals surface area contributed by atoms with E-state index in [1.165, 1.54) is 0 Å². The molecule has 0 aliphatic rings. The van der Waals surface area contributed by atoms with E-state index < -0.39 is 10.0 Å². The molecule has 0 bridgehead atoms. The number of anilines is 1. The van der Waals surface area contributed by atoms with Gasteiger partial charge in [0.25, 0.3) is 5.91 Å². The highest BCUT2D eigenvalue weighted by molar-refractivity contribution is 7.92. The third-order valence-electron chi connectivity index (χ3n) is 3.51. The minimum absolute atomic E-state index is 0.00548. The van der Waals surface area contributed by atoms with E-state index in [0.717, 1.165) is 11.3 Å². The number of carbonyl (C=O) groups excluding carboxylic acids is 1. The highest BCUT2D eigenvalue weighted by Crippen LogP contribution is 2.18. The summed E-state index contributed by atoms with van der Waals surface area (Å²) in [6.07, 6.45) is 0. The van der Waals surface area contributed by atoms with Gasteiger partial charge < -0.3 is 10.1 Å². The van der Waals surface area contributed by atoms with Crippen LogP contribution in [0.15, 0.2) is 48.5 Å². The van der Waals surface area contributed by atoms with Gasteiger partial charge in [-0.25, -0.2) is 8.42 Å². The number of hydrogen-bond acceptors (Lipinski definition) is 4. The number of hydrogen-bond donors (Lipinski definition) is 2. The van der Waals surface area contributed by atoms with Crippen LogP contribution in [0, 0.1) is 0 Å². The molecule has 2 N–H and O–H groups in total. The Morgan fingerprint density at radius 3 is 2.36 bits per heavy atom. The normalized spacial score (nSPS) is 11.0. The first-order chi connectivity index (χ1) is 11.9. The van der Waals surface area contributed by atoms with Gasteiger partial charge in [-0.05, 0) is 44.2 Å². The largest absolute Gasteiger partial charge is 0.494 e. The summed E-state index contributed by atoms with van der Waals surface area (Å²) in [7, 11) is -3.33. The highest BCUT2D eigenvalue weighted by Gasteiger charge is 2.10. The molecular formula is C18H22N2O4S. The van der Waals surface area contributed by atoms with Gasteiger partial charge in [-0.2, -0.15) is 0 Å². The van der Waals surface area contributed by atoms with Gasteiger partial charge in [0.15, 0.2) is 0 Å². The van der Waals surface area contributed by atoms with Gasteiger partial charge in [0.05, 0.1) is 12.4 Å². The van der Waals surface area contributed by atoms with Crippen LogP contribution >= 0.6 is 0 Å². The second-order valence-corrected chi connectivity index (χ2v) is 7.32. The summed E-state index contributed by atoms with van der Waals surface area (Å²) in [4.78, 5) is 12.2. The van der Waals surface area contributed by atoms with Gasteiger partial charge in [0.2, 0.25) is 10.0 Å². The summed E-state index contributed by atoms with van der Waals surface area (Å²) < 4.78 is 31.0. The van der Waals surface area contributed by atoms with Crippen LogP contribution in [0.2, 0.25) is 0 Å². The van der Waals surface area contributed by atoms with Crippen molar-refractivity contribution in [2.45, 2.75) is 20.4 Å². The molecule has 0 saturated carbocycles. The van der Waals surface area contributed by atoms with Crippen molar-refractivity contribution in [1.82, 2.24) is 5.32 Å². The van der Waals surface area contributed by atoms with Crippen molar-refractivity contribution >= 4 is 21.6 Å². The topological polar surface area (TPSA) is 84.5 Å². The first-order valence-electron chi connectivity index (χ1n) is 8.04. The number of para-hydroxylation sites is 1. The maximum Gasteiger partial charge on any atom is 0.251 e. The van der Waals surface area contributed by atoms with Crippen LogP contribution in [0.3, 0.4) is 0 Å². The monoisotopic (exact) mass is 362 g/mol. The van der Waals surface area contributed by atoms with Gasteiger partial charge in [0.1, 0.15) is 5.75 Å². The van der Waals surface area contributed by atoms with Crippen LogP contribution in [-0.2, 0) is 16.6 Å². The Morgan fingerprint density at radius 2 is 1.72 bits per heavy atom. The van der Waals surface area contributed by atoms with Crippen molar-refractivity contribution in [3.63, 3.8) is 0 Å². The fourth-order valence-electron chi connectivity index (χ4n) is 2.17. The van der Waals surface area contributed by atoms with E-state index in [0.29, 0.717) is 24.4 Å². The first-order valence-corrected chi connectivity index (χ1v) is 9.70. The molecule has 25 heavy (non-hydrogen) atoms. The minimum Gasteiger partial charge on any atom is -0.494 e. The SMILES string of the molecule is CCOc1ccccc1CNC(=O)c1ccc(NS(=O)(=O)CC)cc1. The molecule has 0 heterocycles. The minimum atomic E-state index is -3.33. The maximum atomic E-state index is 12.2. The lowest BCUT2D eigenvalue weighted by Gasteiger charge is -2.11. The zero-order chi connectivity index (χ0) is 18.3. The van der Waals surface area contributed by atoms with Gasteiger partial charge >= 0.3 is 0 Å². The molecule has 0 saturated heterocycles. The number of carbonyl (C=O) groups is 1. The summed E-state index contributed by atoms with van der Waals surface area (Å²) in [5.74, 6) is 0.500. The molecule has 0 aliphatic carbocycles. The van der Waals surface area contributed by atoms with E-state index in [1.54, 1.807) is 31.2 Å². The Hall–Kier alpha value is -2.54. The van der Waals surface area contributed by atoms with Gasteiger partial charge in [-0.1, -0.05) is 18.2 Å². The van der Waals surface area contributed by atoms with Gasteiger partial charge in [-0.15, -0.1) is 0 Å². The molecule has 0 atom stereocenters. The molecule has 2 aromatic carbocycles. The molecule has 0 fully saturated rings. The van der Waals surface area contributed by atoms with Crippen LogP contribution in [0.25, 0.3) is 0 Å². The highest BCUT2D eigenvalue weighted by atomic mass is 32.2. The predicted molar refractivity (Wildman–Crippen MR) is 98.3 cm³/mol. The molecule has 0 unspecified atom stereocenters. The Morgan fingerprint density at radius 1 is 1.04 bits per heavy atom. The summed E-state index contributed by atoms with van der Waals surface area (Å²) in [5, 5.41) is 2.84. The maximum absolute atomic E-state index is 12.2. The molecular weight excluding hydrogens is 340 g/mol. The number of rotatable bonds is 8. The average Bonchev–Trinajstić information content (AvgIpc) is 2.61. The smallest absolute Gasteiger partial charge is 0.251 e. The van der Waals surface area contributed by atoms with Crippen LogP contribution < -0.4 is 14.8 Å². The van der Waals surface area contributed by atoms with E-state index in [1.807, 2.05) is 31.2 Å². The van der Waals surface area contributed by atoms with E-state index in [9.17, 15) is 13.2 Å². The summed E-state index contributed by atoms with van der Waals surface area (Å²) in [6, 6.07) is 13.8. The van der Waals surface area contributed by atoms with Crippen LogP contribution in [0.1, 0.15) is 29.8 Å². The van der Waals surface area contributed by atoms with Crippen molar-refractivity contribution in [2.75, 3.05) is 17.1 Å². The van der Waals surface area contributed by atoms with Crippen LogP contribution in [0.4, 0.5) is 5.69 Å².